The van der Waals surface area contributed by atoms with Crippen molar-refractivity contribution in [1.29, 1.82) is 0 Å². The zero-order chi connectivity index (χ0) is 16.9. The van der Waals surface area contributed by atoms with Crippen LogP contribution in [0.2, 0.25) is 0 Å². The highest BCUT2D eigenvalue weighted by Crippen LogP contribution is 2.29. The molecule has 1 aromatic heterocycles. The highest BCUT2D eigenvalue weighted by atomic mass is 19.1. The number of aromatic nitrogens is 2. The van der Waals surface area contributed by atoms with Crippen molar-refractivity contribution in [1.82, 2.24) is 15.1 Å². The van der Waals surface area contributed by atoms with Crippen LogP contribution in [0.15, 0.2) is 28.7 Å². The van der Waals surface area contributed by atoms with Gasteiger partial charge in [-0.25, -0.2) is 4.39 Å². The molecular formula is C18H22FN3O2. The van der Waals surface area contributed by atoms with Crippen LogP contribution >= 0.6 is 0 Å². The van der Waals surface area contributed by atoms with Gasteiger partial charge in [0, 0.05) is 31.0 Å². The van der Waals surface area contributed by atoms with Crippen molar-refractivity contribution in [3.05, 3.63) is 36.0 Å². The van der Waals surface area contributed by atoms with Crippen molar-refractivity contribution in [3.8, 4) is 11.5 Å². The lowest BCUT2D eigenvalue weighted by atomic mass is 9.96. The van der Waals surface area contributed by atoms with Crippen molar-refractivity contribution >= 4 is 5.91 Å². The fraction of sp³-hybridized carbons (Fsp3) is 0.500. The van der Waals surface area contributed by atoms with Gasteiger partial charge in [-0.3, -0.25) is 4.79 Å². The van der Waals surface area contributed by atoms with E-state index >= 15 is 0 Å². The number of hydrogen-bond acceptors (Lipinski definition) is 4. The van der Waals surface area contributed by atoms with Crippen LogP contribution in [0.5, 0.6) is 0 Å². The van der Waals surface area contributed by atoms with Crippen molar-refractivity contribution in [2.24, 2.45) is 0 Å². The molecule has 2 heterocycles. The predicted octanol–water partition coefficient (Wildman–Crippen LogP) is 3.77. The van der Waals surface area contributed by atoms with Gasteiger partial charge >= 0.3 is 0 Å². The van der Waals surface area contributed by atoms with Gasteiger partial charge in [-0.15, -0.1) is 10.2 Å². The molecule has 0 N–H and O–H groups in total. The van der Waals surface area contributed by atoms with E-state index < -0.39 is 0 Å². The lowest BCUT2D eigenvalue weighted by molar-refractivity contribution is -0.132. The SMILES string of the molecule is CCCCC(=O)N1CCC(c2nnc(-c3ccc(F)cc3)o2)CC1. The van der Waals surface area contributed by atoms with Gasteiger partial charge in [-0.1, -0.05) is 13.3 Å². The lowest BCUT2D eigenvalue weighted by Crippen LogP contribution is -2.37. The summed E-state index contributed by atoms with van der Waals surface area (Å²) in [4.78, 5) is 14.0. The average molecular weight is 331 g/mol. The topological polar surface area (TPSA) is 59.2 Å². The molecule has 1 aliphatic heterocycles. The smallest absolute Gasteiger partial charge is 0.247 e. The summed E-state index contributed by atoms with van der Waals surface area (Å²) in [5.74, 6) is 1.15. The standard InChI is InChI=1S/C18H22FN3O2/c1-2-3-4-16(23)22-11-9-14(10-12-22)18-21-20-17(24-18)13-5-7-15(19)8-6-13/h5-8,14H,2-4,9-12H2,1H3. The van der Waals surface area contributed by atoms with E-state index in [4.69, 9.17) is 4.42 Å². The summed E-state index contributed by atoms with van der Waals surface area (Å²) in [6, 6.07) is 6.00. The van der Waals surface area contributed by atoms with Gasteiger partial charge in [-0.05, 0) is 43.5 Å². The summed E-state index contributed by atoms with van der Waals surface area (Å²) in [5, 5.41) is 8.21. The monoisotopic (exact) mass is 331 g/mol. The summed E-state index contributed by atoms with van der Waals surface area (Å²) in [6.45, 7) is 3.57. The molecule has 0 bridgehead atoms. The first-order chi connectivity index (χ1) is 11.7. The molecule has 0 atom stereocenters. The minimum Gasteiger partial charge on any atom is -0.420 e. The van der Waals surface area contributed by atoms with E-state index in [1.807, 2.05) is 4.90 Å². The normalized spacial score (nSPS) is 15.7. The quantitative estimate of drug-likeness (QED) is 0.837. The van der Waals surface area contributed by atoms with Crippen LogP contribution in [0.4, 0.5) is 4.39 Å². The fourth-order valence-electron chi connectivity index (χ4n) is 2.97. The molecule has 1 saturated heterocycles. The maximum Gasteiger partial charge on any atom is 0.247 e. The van der Waals surface area contributed by atoms with Gasteiger partial charge in [0.15, 0.2) is 0 Å². The number of carbonyl (C=O) groups is 1. The molecule has 0 saturated carbocycles. The van der Waals surface area contributed by atoms with Crippen LogP contribution in [-0.2, 0) is 4.79 Å². The second-order valence-electron chi connectivity index (χ2n) is 6.21. The van der Waals surface area contributed by atoms with E-state index in [0.29, 0.717) is 23.8 Å². The minimum absolute atomic E-state index is 0.182. The molecule has 0 spiro atoms. The number of nitrogens with zero attached hydrogens (tertiary/aromatic N) is 3. The fourth-order valence-corrected chi connectivity index (χ4v) is 2.97. The molecule has 1 amide bonds. The van der Waals surface area contributed by atoms with Crippen molar-refractivity contribution < 1.29 is 13.6 Å². The van der Waals surface area contributed by atoms with Gasteiger partial charge < -0.3 is 9.32 Å². The molecule has 6 heteroatoms. The number of hydrogen-bond donors (Lipinski definition) is 0. The number of unbranched alkanes of at least 4 members (excludes halogenated alkanes) is 1. The van der Waals surface area contributed by atoms with Crippen LogP contribution in [0.3, 0.4) is 0 Å². The van der Waals surface area contributed by atoms with Gasteiger partial charge in [0.25, 0.3) is 0 Å². The van der Waals surface area contributed by atoms with Crippen LogP contribution in [0.25, 0.3) is 11.5 Å². The zero-order valence-electron chi connectivity index (χ0n) is 13.9. The third kappa shape index (κ3) is 3.80. The van der Waals surface area contributed by atoms with E-state index in [1.54, 1.807) is 12.1 Å². The largest absolute Gasteiger partial charge is 0.420 e. The highest BCUT2D eigenvalue weighted by Gasteiger charge is 2.27. The Kier molecular flexibility index (Phi) is 5.23. The molecule has 0 radical (unpaired) electrons. The van der Waals surface area contributed by atoms with Crippen molar-refractivity contribution in [2.75, 3.05) is 13.1 Å². The first kappa shape index (κ1) is 16.6. The second-order valence-corrected chi connectivity index (χ2v) is 6.21. The summed E-state index contributed by atoms with van der Waals surface area (Å²) in [7, 11) is 0. The number of piperidine rings is 1. The lowest BCUT2D eigenvalue weighted by Gasteiger charge is -2.30. The first-order valence-electron chi connectivity index (χ1n) is 8.54. The Labute approximate surface area is 140 Å². The van der Waals surface area contributed by atoms with Gasteiger partial charge in [-0.2, -0.15) is 0 Å². The van der Waals surface area contributed by atoms with Crippen molar-refractivity contribution in [3.63, 3.8) is 0 Å². The molecule has 2 aromatic rings. The maximum atomic E-state index is 13.0. The number of carbonyl (C=O) groups excluding carboxylic acids is 1. The van der Waals surface area contributed by atoms with E-state index in [1.165, 1.54) is 12.1 Å². The summed E-state index contributed by atoms with van der Waals surface area (Å²) in [5.41, 5.74) is 0.710. The first-order valence-corrected chi connectivity index (χ1v) is 8.54. The van der Waals surface area contributed by atoms with Crippen LogP contribution in [-0.4, -0.2) is 34.1 Å². The molecule has 24 heavy (non-hydrogen) atoms. The Morgan fingerprint density at radius 3 is 2.62 bits per heavy atom. The molecule has 1 fully saturated rings. The molecule has 1 aliphatic rings. The number of halogens is 1. The molecule has 5 nitrogen and oxygen atoms in total. The molecule has 1 aromatic carbocycles. The number of rotatable bonds is 5. The molecule has 0 aliphatic carbocycles. The Bertz CT molecular complexity index is 676. The molecule has 3 rings (SSSR count). The molecule has 128 valence electrons. The summed E-state index contributed by atoms with van der Waals surface area (Å²) >= 11 is 0. The van der Waals surface area contributed by atoms with Gasteiger partial charge in [0.1, 0.15) is 5.82 Å². The van der Waals surface area contributed by atoms with E-state index in [9.17, 15) is 9.18 Å². The van der Waals surface area contributed by atoms with Crippen LogP contribution in [0, 0.1) is 5.82 Å². The predicted molar refractivity (Wildman–Crippen MR) is 87.8 cm³/mol. The van der Waals surface area contributed by atoms with Crippen LogP contribution < -0.4 is 0 Å². The summed E-state index contributed by atoms with van der Waals surface area (Å²) in [6.07, 6.45) is 4.29. The summed E-state index contributed by atoms with van der Waals surface area (Å²) < 4.78 is 18.7. The minimum atomic E-state index is -0.293. The Balaban J connectivity index is 1.59. The number of amides is 1. The van der Waals surface area contributed by atoms with Gasteiger partial charge in [0.05, 0.1) is 0 Å². The number of likely N-dealkylation sites (tertiary alicyclic amines) is 1. The zero-order valence-corrected chi connectivity index (χ0v) is 13.9. The number of benzene rings is 1. The Morgan fingerprint density at radius 2 is 1.96 bits per heavy atom. The third-order valence-electron chi connectivity index (χ3n) is 4.47. The van der Waals surface area contributed by atoms with Gasteiger partial charge in [0.2, 0.25) is 17.7 Å². The van der Waals surface area contributed by atoms with E-state index in [2.05, 4.69) is 17.1 Å². The van der Waals surface area contributed by atoms with Crippen LogP contribution in [0.1, 0.15) is 50.8 Å². The second kappa shape index (κ2) is 7.55. The van der Waals surface area contributed by atoms with E-state index in [0.717, 1.165) is 38.8 Å². The maximum absolute atomic E-state index is 13.0. The third-order valence-corrected chi connectivity index (χ3v) is 4.47. The Morgan fingerprint density at radius 1 is 1.25 bits per heavy atom. The Hall–Kier alpha value is -2.24. The van der Waals surface area contributed by atoms with Crippen molar-refractivity contribution in [2.45, 2.75) is 44.9 Å². The molecule has 0 unspecified atom stereocenters. The van der Waals surface area contributed by atoms with E-state index in [-0.39, 0.29) is 17.6 Å². The average Bonchev–Trinajstić information content (AvgIpc) is 3.10. The molecular weight excluding hydrogens is 309 g/mol. The highest BCUT2D eigenvalue weighted by molar-refractivity contribution is 5.76.